The highest BCUT2D eigenvalue weighted by atomic mass is 14.1. The quantitative estimate of drug-likeness (QED) is 0.609. The second-order valence-electron chi connectivity index (χ2n) is 5.13. The molecular weight excluding hydrogens is 180 g/mol. The first kappa shape index (κ1) is 10.3. The predicted molar refractivity (Wildman–Crippen MR) is 67.7 cm³/mol. The molecule has 0 heterocycles. The van der Waals surface area contributed by atoms with E-state index in [1.54, 1.807) is 0 Å². The van der Waals surface area contributed by atoms with E-state index in [1.807, 2.05) is 37.3 Å². The average Bonchev–Trinajstić information content (AvgIpc) is 2.16. The van der Waals surface area contributed by atoms with Crippen molar-refractivity contribution in [3.63, 3.8) is 0 Å². The minimum Gasteiger partial charge on any atom is -0.121 e. The van der Waals surface area contributed by atoms with Gasteiger partial charge in [0.25, 0.3) is 0 Å². The zero-order valence-corrected chi connectivity index (χ0v) is 10.1. The number of hydrogen-bond acceptors (Lipinski definition) is 0. The highest BCUT2D eigenvalue weighted by molar-refractivity contribution is 5.48. The summed E-state index contributed by atoms with van der Waals surface area (Å²) in [5.74, 6) is 0. The van der Waals surface area contributed by atoms with Gasteiger partial charge in [-0.2, -0.15) is 0 Å². The lowest BCUT2D eigenvalue weighted by Crippen LogP contribution is -2.04. The van der Waals surface area contributed by atoms with Gasteiger partial charge in [-0.25, -0.2) is 0 Å². The lowest BCUT2D eigenvalue weighted by Gasteiger charge is -2.16. The van der Waals surface area contributed by atoms with E-state index in [2.05, 4.69) is 26.5 Å². The minimum atomic E-state index is 0.258. The van der Waals surface area contributed by atoms with Crippen molar-refractivity contribution in [2.75, 3.05) is 0 Å². The van der Waals surface area contributed by atoms with E-state index in [1.165, 1.54) is 0 Å². The van der Waals surface area contributed by atoms with E-state index in [0.717, 1.165) is 17.6 Å². The Balaban J connectivity index is 2.95. The van der Waals surface area contributed by atoms with Crippen molar-refractivity contribution in [3.05, 3.63) is 47.2 Å². The third-order valence-electron chi connectivity index (χ3n) is 1.99. The molecule has 0 aliphatic carbocycles. The fourth-order valence-electron chi connectivity index (χ4n) is 1.54. The van der Waals surface area contributed by atoms with Crippen molar-refractivity contribution in [2.45, 2.75) is 34.1 Å². The Morgan fingerprint density at radius 1 is 1.33 bits per heavy atom. The predicted octanol–water partition coefficient (Wildman–Crippen LogP) is 4.68. The first-order valence-electron chi connectivity index (χ1n) is 5.87. The summed E-state index contributed by atoms with van der Waals surface area (Å²) in [6.07, 6.45) is 0.974. The number of rotatable bonds is 2. The topological polar surface area (TPSA) is 0 Å². The summed E-state index contributed by atoms with van der Waals surface area (Å²) < 4.78 is 7.94. The van der Waals surface area contributed by atoms with Crippen molar-refractivity contribution in [3.8, 4) is 0 Å². The Labute approximate surface area is 94.7 Å². The molecule has 80 valence electrons. The zero-order valence-electron chi connectivity index (χ0n) is 11.1. The smallest absolute Gasteiger partial charge is 0.0720 e. The second kappa shape index (κ2) is 5.00. The monoisotopic (exact) mass is 201 g/mol. The maximum absolute atomic E-state index is 7.94. The molecule has 15 heavy (non-hydrogen) atoms. The van der Waals surface area contributed by atoms with Gasteiger partial charge in [0.2, 0.25) is 0 Å². The van der Waals surface area contributed by atoms with Gasteiger partial charge in [-0.15, -0.1) is 5.73 Å². The fourth-order valence-corrected chi connectivity index (χ4v) is 1.54. The molecule has 0 aliphatic heterocycles. The molecule has 0 heteroatoms. The van der Waals surface area contributed by atoms with Gasteiger partial charge in [0, 0.05) is 0 Å². The van der Waals surface area contributed by atoms with Gasteiger partial charge in [0.15, 0.2) is 0 Å². The van der Waals surface area contributed by atoms with Gasteiger partial charge in [-0.1, -0.05) is 51.1 Å². The lowest BCUT2D eigenvalue weighted by atomic mass is 9.89. The van der Waals surface area contributed by atoms with E-state index in [0.29, 0.717) is 6.05 Å². The molecule has 0 fully saturated rings. The highest BCUT2D eigenvalue weighted by Gasteiger charge is 2.09. The number of allylic oxidation sites excluding steroid dienone is 1. The Hall–Kier alpha value is -1.26. The van der Waals surface area contributed by atoms with Crippen molar-refractivity contribution in [1.29, 1.82) is 0 Å². The Morgan fingerprint density at radius 2 is 1.93 bits per heavy atom. The molecule has 0 N–H and O–H groups in total. The minimum absolute atomic E-state index is 0.258. The van der Waals surface area contributed by atoms with Crippen LogP contribution in [0.15, 0.2) is 41.6 Å². The summed E-state index contributed by atoms with van der Waals surface area (Å²) in [7, 11) is 0. The molecule has 0 atom stereocenters. The normalized spacial score (nSPS) is 11.6. The summed E-state index contributed by atoms with van der Waals surface area (Å²) in [4.78, 5) is 0. The van der Waals surface area contributed by atoms with Gasteiger partial charge in [-0.3, -0.25) is 0 Å². The lowest BCUT2D eigenvalue weighted by molar-refractivity contribution is 0.410. The van der Waals surface area contributed by atoms with Gasteiger partial charge in [0.1, 0.15) is 0 Å². The molecule has 0 radical (unpaired) electrons. The van der Waals surface area contributed by atoms with Crippen LogP contribution in [0.3, 0.4) is 0 Å². The third kappa shape index (κ3) is 5.24. The van der Waals surface area contributed by atoms with Crippen molar-refractivity contribution in [1.82, 2.24) is 0 Å². The van der Waals surface area contributed by atoms with Crippen molar-refractivity contribution in [2.24, 2.45) is 5.41 Å². The Kier molecular flexibility index (Phi) is 3.42. The van der Waals surface area contributed by atoms with Crippen LogP contribution < -0.4 is 0 Å². The molecule has 0 amide bonds. The molecule has 0 nitrogen and oxygen atoms in total. The molecule has 0 unspecified atom stereocenters. The molecule has 0 aliphatic rings. The second-order valence-corrected chi connectivity index (χ2v) is 5.13. The zero-order chi connectivity index (χ0) is 12.2. The summed E-state index contributed by atoms with van der Waals surface area (Å²) in [5.41, 5.74) is 5.48. The van der Waals surface area contributed by atoms with Crippen LogP contribution in [0.1, 0.15) is 41.0 Å². The standard InChI is InChI=1S/C15H20/c1-13(12-15(2,3)4)10-11-14-8-6-5-7-9-14/h5-9,11H,12H2,1-4H3/i11D. The molecule has 0 bridgehead atoms. The molecule has 0 aromatic heterocycles. The number of benzene rings is 1. The molecule has 0 saturated carbocycles. The highest BCUT2D eigenvalue weighted by Crippen LogP contribution is 2.22. The molecule has 0 saturated heterocycles. The molecule has 1 aromatic carbocycles. The Bertz CT molecular complexity index is 401. The molecule has 0 spiro atoms. The number of hydrogen-bond donors (Lipinski definition) is 0. The van der Waals surface area contributed by atoms with E-state index in [4.69, 9.17) is 1.37 Å². The molecular formula is C15H20. The maximum Gasteiger partial charge on any atom is 0.0720 e. The summed E-state index contributed by atoms with van der Waals surface area (Å²) in [5, 5.41) is 0. The van der Waals surface area contributed by atoms with Crippen LogP contribution in [0, 0.1) is 5.41 Å². The Morgan fingerprint density at radius 3 is 2.47 bits per heavy atom. The van der Waals surface area contributed by atoms with Crippen molar-refractivity contribution >= 4 is 6.05 Å². The van der Waals surface area contributed by atoms with E-state index in [9.17, 15) is 0 Å². The summed E-state index contributed by atoms with van der Waals surface area (Å²) in [6, 6.07) is 10.2. The maximum atomic E-state index is 7.94. The first-order chi connectivity index (χ1) is 7.38. The van der Waals surface area contributed by atoms with Crippen LogP contribution in [-0.4, -0.2) is 0 Å². The van der Waals surface area contributed by atoms with Crippen molar-refractivity contribution < 1.29 is 1.37 Å². The van der Waals surface area contributed by atoms with Gasteiger partial charge >= 0.3 is 0 Å². The average molecular weight is 201 g/mol. The summed E-state index contributed by atoms with van der Waals surface area (Å²) >= 11 is 0. The van der Waals surface area contributed by atoms with E-state index in [-0.39, 0.29) is 5.41 Å². The van der Waals surface area contributed by atoms with Crippen LogP contribution in [0.2, 0.25) is 0 Å². The van der Waals surface area contributed by atoms with Crippen LogP contribution in [-0.2, 0) is 0 Å². The van der Waals surface area contributed by atoms with Gasteiger partial charge in [-0.05, 0) is 35.9 Å². The molecule has 1 rings (SSSR count). The largest absolute Gasteiger partial charge is 0.121 e. The SMILES string of the molecule is [2H]C(=C=C(C)CC(C)(C)C)c1ccccc1. The van der Waals surface area contributed by atoms with Gasteiger partial charge in [0.05, 0.1) is 1.37 Å². The van der Waals surface area contributed by atoms with Crippen LogP contribution in [0.4, 0.5) is 0 Å². The third-order valence-corrected chi connectivity index (χ3v) is 1.99. The van der Waals surface area contributed by atoms with Crippen LogP contribution in [0.25, 0.3) is 6.05 Å². The summed E-state index contributed by atoms with van der Waals surface area (Å²) in [6.45, 7) is 8.64. The van der Waals surface area contributed by atoms with E-state index >= 15 is 0 Å². The first-order valence-corrected chi connectivity index (χ1v) is 5.37. The van der Waals surface area contributed by atoms with E-state index < -0.39 is 0 Å². The molecule has 1 aromatic rings. The van der Waals surface area contributed by atoms with Gasteiger partial charge < -0.3 is 0 Å². The van der Waals surface area contributed by atoms with Crippen LogP contribution >= 0.6 is 0 Å². The van der Waals surface area contributed by atoms with Crippen LogP contribution in [0.5, 0.6) is 0 Å². The fraction of sp³-hybridized carbons (Fsp3) is 0.400.